The molecule has 1 aromatic carbocycles. The van der Waals surface area contributed by atoms with Crippen LogP contribution in [0.3, 0.4) is 0 Å². The summed E-state index contributed by atoms with van der Waals surface area (Å²) in [6.45, 7) is 7.09. The first-order chi connectivity index (χ1) is 9.27. The van der Waals surface area contributed by atoms with Crippen LogP contribution in [0.15, 0.2) is 18.2 Å². The average molecular weight is 259 g/mol. The summed E-state index contributed by atoms with van der Waals surface area (Å²) in [6, 6.07) is 7.44. The topological polar surface area (TPSA) is 21.7 Å². The lowest BCUT2D eigenvalue weighted by molar-refractivity contribution is -0.119. The summed E-state index contributed by atoms with van der Waals surface area (Å²) in [5.41, 5.74) is 4.20. The molecule has 0 amide bonds. The van der Waals surface area contributed by atoms with Crippen molar-refractivity contribution in [3.05, 3.63) is 34.9 Å². The van der Waals surface area contributed by atoms with Crippen LogP contribution in [-0.4, -0.2) is 37.2 Å². The monoisotopic (exact) mass is 259 g/mol. The number of piperidine rings is 1. The number of hydrogen-bond donors (Lipinski definition) is 0. The third-order valence-electron chi connectivity index (χ3n) is 5.00. The number of likely N-dealkylation sites (tertiary alicyclic amines) is 1. The van der Waals surface area contributed by atoms with Gasteiger partial charge in [-0.2, -0.15) is 0 Å². The van der Waals surface area contributed by atoms with E-state index in [2.05, 4.69) is 30.0 Å². The number of benzene rings is 1. The van der Waals surface area contributed by atoms with Gasteiger partial charge in [0, 0.05) is 13.1 Å². The molecule has 4 rings (SSSR count). The number of hydrogen-bond acceptors (Lipinski definition) is 3. The van der Waals surface area contributed by atoms with Gasteiger partial charge in [0.05, 0.1) is 31.5 Å². The maximum absolute atomic E-state index is 6.23. The van der Waals surface area contributed by atoms with Gasteiger partial charge in [-0.15, -0.1) is 0 Å². The summed E-state index contributed by atoms with van der Waals surface area (Å²) in [5, 5.41) is 0. The van der Waals surface area contributed by atoms with E-state index >= 15 is 0 Å². The molecule has 19 heavy (non-hydrogen) atoms. The molecule has 0 unspecified atom stereocenters. The molecule has 0 aliphatic carbocycles. The first-order valence-electron chi connectivity index (χ1n) is 7.33. The van der Waals surface area contributed by atoms with Crippen LogP contribution in [0.2, 0.25) is 0 Å². The first-order valence-corrected chi connectivity index (χ1v) is 7.33. The molecule has 3 heteroatoms. The maximum Gasteiger partial charge on any atom is 0.0963 e. The fourth-order valence-electron chi connectivity index (χ4n) is 3.63. The van der Waals surface area contributed by atoms with E-state index in [1.807, 2.05) is 0 Å². The molecule has 3 heterocycles. The minimum atomic E-state index is 0.00244. The van der Waals surface area contributed by atoms with E-state index in [0.29, 0.717) is 6.04 Å². The lowest BCUT2D eigenvalue weighted by atomic mass is 9.82. The van der Waals surface area contributed by atoms with Gasteiger partial charge in [0.25, 0.3) is 0 Å². The molecule has 0 N–H and O–H groups in total. The highest BCUT2D eigenvalue weighted by Crippen LogP contribution is 2.44. The van der Waals surface area contributed by atoms with Crippen LogP contribution in [0, 0.1) is 6.92 Å². The van der Waals surface area contributed by atoms with Gasteiger partial charge in [-0.05, 0) is 30.9 Å². The molecule has 3 aliphatic heterocycles. The first kappa shape index (κ1) is 11.9. The zero-order valence-electron chi connectivity index (χ0n) is 11.5. The van der Waals surface area contributed by atoms with Gasteiger partial charge in [0.15, 0.2) is 0 Å². The lowest BCUT2D eigenvalue weighted by Crippen LogP contribution is -2.54. The number of aryl methyl sites for hydroxylation is 1. The van der Waals surface area contributed by atoms with Gasteiger partial charge < -0.3 is 9.47 Å². The highest BCUT2D eigenvalue weighted by molar-refractivity contribution is 5.39. The summed E-state index contributed by atoms with van der Waals surface area (Å²) in [6.07, 6.45) is 2.25. The van der Waals surface area contributed by atoms with Crippen LogP contribution < -0.4 is 0 Å². The normalized spacial score (nSPS) is 26.4. The van der Waals surface area contributed by atoms with Crippen LogP contribution >= 0.6 is 0 Å². The quantitative estimate of drug-likeness (QED) is 0.772. The maximum atomic E-state index is 6.23. The molecule has 0 atom stereocenters. The molecule has 3 nitrogen and oxygen atoms in total. The Morgan fingerprint density at radius 1 is 1.21 bits per heavy atom. The summed E-state index contributed by atoms with van der Waals surface area (Å²) in [7, 11) is 0. The molecule has 3 aliphatic rings. The molecule has 2 fully saturated rings. The number of rotatable bonds is 1. The van der Waals surface area contributed by atoms with Crippen molar-refractivity contribution in [1.29, 1.82) is 0 Å². The predicted octanol–water partition coefficient (Wildman–Crippen LogP) is 2.22. The van der Waals surface area contributed by atoms with Crippen molar-refractivity contribution in [2.45, 2.75) is 38.0 Å². The second-order valence-corrected chi connectivity index (χ2v) is 6.17. The van der Waals surface area contributed by atoms with Crippen molar-refractivity contribution in [2.75, 3.05) is 26.3 Å². The number of fused-ring (bicyclic) bond motifs is 2. The van der Waals surface area contributed by atoms with Gasteiger partial charge in [-0.25, -0.2) is 0 Å². The van der Waals surface area contributed by atoms with E-state index < -0.39 is 0 Å². The molecule has 1 aromatic rings. The Morgan fingerprint density at radius 2 is 2.00 bits per heavy atom. The highest BCUT2D eigenvalue weighted by atomic mass is 16.5. The van der Waals surface area contributed by atoms with Crippen molar-refractivity contribution in [3.63, 3.8) is 0 Å². The molecule has 102 valence electrons. The van der Waals surface area contributed by atoms with E-state index in [0.717, 1.165) is 45.8 Å². The Kier molecular flexibility index (Phi) is 2.69. The molecule has 0 radical (unpaired) electrons. The van der Waals surface area contributed by atoms with Crippen LogP contribution in [0.25, 0.3) is 0 Å². The summed E-state index contributed by atoms with van der Waals surface area (Å²) >= 11 is 0. The molecular weight excluding hydrogens is 238 g/mol. The lowest BCUT2D eigenvalue weighted by Gasteiger charge is -2.45. The minimum Gasteiger partial charge on any atom is -0.378 e. The Bertz CT molecular complexity index is 488. The molecule has 0 bridgehead atoms. The van der Waals surface area contributed by atoms with E-state index in [-0.39, 0.29) is 5.60 Å². The molecule has 0 saturated carbocycles. The predicted molar refractivity (Wildman–Crippen MR) is 73.1 cm³/mol. The van der Waals surface area contributed by atoms with Crippen molar-refractivity contribution < 1.29 is 9.47 Å². The Labute approximate surface area is 114 Å². The fourth-order valence-corrected chi connectivity index (χ4v) is 3.63. The summed E-state index contributed by atoms with van der Waals surface area (Å²) in [4.78, 5) is 2.58. The smallest absolute Gasteiger partial charge is 0.0963 e. The second kappa shape index (κ2) is 4.30. The Balaban J connectivity index is 1.56. The van der Waals surface area contributed by atoms with Crippen LogP contribution in [0.5, 0.6) is 0 Å². The second-order valence-electron chi connectivity index (χ2n) is 6.17. The van der Waals surface area contributed by atoms with Crippen molar-refractivity contribution >= 4 is 0 Å². The highest BCUT2D eigenvalue weighted by Gasteiger charge is 2.44. The third kappa shape index (κ3) is 1.83. The molecule has 0 aromatic heterocycles. The number of ether oxygens (including phenoxy) is 2. The standard InChI is InChI=1S/C16H21NO2/c1-12-2-3-13-9-19-16(15(13)8-12)4-6-17(7-5-16)14-10-18-11-14/h2-3,8,14H,4-7,9-11H2,1H3. The number of nitrogens with zero attached hydrogens (tertiary/aromatic N) is 1. The Morgan fingerprint density at radius 3 is 2.68 bits per heavy atom. The zero-order valence-corrected chi connectivity index (χ0v) is 11.5. The van der Waals surface area contributed by atoms with Gasteiger partial charge >= 0.3 is 0 Å². The van der Waals surface area contributed by atoms with Crippen molar-refractivity contribution in [3.8, 4) is 0 Å². The third-order valence-corrected chi connectivity index (χ3v) is 5.00. The van der Waals surface area contributed by atoms with Crippen LogP contribution in [0.1, 0.15) is 29.5 Å². The molecule has 2 saturated heterocycles. The van der Waals surface area contributed by atoms with Gasteiger partial charge in [-0.3, -0.25) is 4.90 Å². The SMILES string of the molecule is Cc1ccc2c(c1)C1(CCN(C3COC3)CC1)OC2. The van der Waals surface area contributed by atoms with E-state index in [1.165, 1.54) is 16.7 Å². The van der Waals surface area contributed by atoms with Crippen molar-refractivity contribution in [1.82, 2.24) is 4.90 Å². The van der Waals surface area contributed by atoms with E-state index in [4.69, 9.17) is 9.47 Å². The zero-order chi connectivity index (χ0) is 12.9. The van der Waals surface area contributed by atoms with Gasteiger partial charge in [0.2, 0.25) is 0 Å². The van der Waals surface area contributed by atoms with E-state index in [9.17, 15) is 0 Å². The van der Waals surface area contributed by atoms with Crippen LogP contribution in [-0.2, 0) is 21.7 Å². The minimum absolute atomic E-state index is 0.00244. The average Bonchev–Trinajstić information content (AvgIpc) is 2.69. The summed E-state index contributed by atoms with van der Waals surface area (Å²) < 4.78 is 11.5. The van der Waals surface area contributed by atoms with Gasteiger partial charge in [-0.1, -0.05) is 23.8 Å². The van der Waals surface area contributed by atoms with Crippen molar-refractivity contribution in [2.24, 2.45) is 0 Å². The van der Waals surface area contributed by atoms with Crippen LogP contribution in [0.4, 0.5) is 0 Å². The molecular formula is C16H21NO2. The van der Waals surface area contributed by atoms with E-state index in [1.54, 1.807) is 0 Å². The van der Waals surface area contributed by atoms with Gasteiger partial charge in [0.1, 0.15) is 0 Å². The largest absolute Gasteiger partial charge is 0.378 e. The fraction of sp³-hybridized carbons (Fsp3) is 0.625. The molecule has 1 spiro atoms. The Hall–Kier alpha value is -0.900. The summed E-state index contributed by atoms with van der Waals surface area (Å²) in [5.74, 6) is 0.